The van der Waals surface area contributed by atoms with Crippen molar-refractivity contribution in [3.05, 3.63) is 39.6 Å². The topological polar surface area (TPSA) is 47.0 Å². The molecule has 0 unspecified atom stereocenters. The average Bonchev–Trinajstić information content (AvgIpc) is 2.81. The molecule has 4 nitrogen and oxygen atoms in total. The monoisotopic (exact) mass is 281 g/mol. The molecule has 0 saturated carbocycles. The number of aryl methyl sites for hydroxylation is 1. The maximum Gasteiger partial charge on any atom is 0.165 e. The number of nitrogens with zero attached hydrogens (tertiary/aromatic N) is 2. The van der Waals surface area contributed by atoms with Gasteiger partial charge in [0.25, 0.3) is 0 Å². The Morgan fingerprint density at radius 3 is 2.79 bits per heavy atom. The Bertz CT molecular complexity index is 559. The second-order valence-electron chi connectivity index (χ2n) is 4.21. The standard InChI is InChI=1S/C13H16FN3OS/c1-8(15-7-13-17-16-9(2)19-13)10-4-5-12(18-3)11(14)6-10/h4-6,8,15H,7H2,1-3H3/t8-/m1/s1. The Morgan fingerprint density at radius 2 is 2.21 bits per heavy atom. The van der Waals surface area contributed by atoms with Crippen molar-refractivity contribution in [1.29, 1.82) is 0 Å². The lowest BCUT2D eigenvalue weighted by atomic mass is 10.1. The summed E-state index contributed by atoms with van der Waals surface area (Å²) in [5.74, 6) is -0.0869. The third-order valence-electron chi connectivity index (χ3n) is 2.80. The van der Waals surface area contributed by atoms with Crippen LogP contribution in [-0.2, 0) is 6.54 Å². The molecular formula is C13H16FN3OS. The second kappa shape index (κ2) is 6.08. The van der Waals surface area contributed by atoms with Gasteiger partial charge in [0.15, 0.2) is 11.6 Å². The number of hydrogen-bond acceptors (Lipinski definition) is 5. The van der Waals surface area contributed by atoms with Gasteiger partial charge in [0.2, 0.25) is 0 Å². The number of rotatable bonds is 5. The van der Waals surface area contributed by atoms with E-state index in [4.69, 9.17) is 4.74 Å². The van der Waals surface area contributed by atoms with Crippen LogP contribution in [0.3, 0.4) is 0 Å². The van der Waals surface area contributed by atoms with Crippen molar-refractivity contribution in [3.8, 4) is 5.75 Å². The molecule has 0 aliphatic carbocycles. The Morgan fingerprint density at radius 1 is 1.42 bits per heavy atom. The Labute approximate surface area is 115 Å². The van der Waals surface area contributed by atoms with Crippen molar-refractivity contribution in [1.82, 2.24) is 15.5 Å². The number of halogens is 1. The van der Waals surface area contributed by atoms with E-state index in [0.29, 0.717) is 6.54 Å². The molecule has 0 bridgehead atoms. The summed E-state index contributed by atoms with van der Waals surface area (Å²) in [5, 5.41) is 13.2. The molecule has 19 heavy (non-hydrogen) atoms. The summed E-state index contributed by atoms with van der Waals surface area (Å²) < 4.78 is 18.5. The molecule has 0 spiro atoms. The van der Waals surface area contributed by atoms with Crippen molar-refractivity contribution in [3.63, 3.8) is 0 Å². The van der Waals surface area contributed by atoms with Gasteiger partial charge < -0.3 is 10.1 Å². The van der Waals surface area contributed by atoms with Crippen LogP contribution in [0.4, 0.5) is 4.39 Å². The molecular weight excluding hydrogens is 265 g/mol. The summed E-state index contributed by atoms with van der Waals surface area (Å²) >= 11 is 1.56. The van der Waals surface area contributed by atoms with Crippen LogP contribution in [0.2, 0.25) is 0 Å². The van der Waals surface area contributed by atoms with Crippen LogP contribution in [0.15, 0.2) is 18.2 Å². The highest BCUT2D eigenvalue weighted by molar-refractivity contribution is 7.11. The molecule has 2 aromatic rings. The van der Waals surface area contributed by atoms with Crippen LogP contribution in [0.5, 0.6) is 5.75 Å². The first kappa shape index (κ1) is 13.9. The Kier molecular flexibility index (Phi) is 4.44. The maximum absolute atomic E-state index is 13.6. The zero-order valence-electron chi connectivity index (χ0n) is 11.1. The molecule has 1 aromatic heterocycles. The van der Waals surface area contributed by atoms with Crippen molar-refractivity contribution in [2.75, 3.05) is 7.11 Å². The van der Waals surface area contributed by atoms with Crippen molar-refractivity contribution < 1.29 is 9.13 Å². The Hall–Kier alpha value is -1.53. The van der Waals surface area contributed by atoms with Gasteiger partial charge in [0.05, 0.1) is 13.7 Å². The fraction of sp³-hybridized carbons (Fsp3) is 0.385. The van der Waals surface area contributed by atoms with Gasteiger partial charge in [0, 0.05) is 6.04 Å². The fourth-order valence-corrected chi connectivity index (χ4v) is 2.38. The predicted molar refractivity (Wildman–Crippen MR) is 72.9 cm³/mol. The van der Waals surface area contributed by atoms with E-state index in [9.17, 15) is 4.39 Å². The number of aromatic nitrogens is 2. The molecule has 1 aromatic carbocycles. The van der Waals surface area contributed by atoms with Crippen molar-refractivity contribution in [2.24, 2.45) is 0 Å². The Balaban J connectivity index is 1.99. The van der Waals surface area contributed by atoms with E-state index in [1.807, 2.05) is 19.9 Å². The molecule has 102 valence electrons. The molecule has 0 saturated heterocycles. The zero-order valence-corrected chi connectivity index (χ0v) is 11.9. The van der Waals surface area contributed by atoms with E-state index in [2.05, 4.69) is 15.5 Å². The summed E-state index contributed by atoms with van der Waals surface area (Å²) in [6.07, 6.45) is 0. The quantitative estimate of drug-likeness (QED) is 0.915. The molecule has 1 N–H and O–H groups in total. The van der Waals surface area contributed by atoms with Crippen LogP contribution >= 0.6 is 11.3 Å². The zero-order chi connectivity index (χ0) is 13.8. The van der Waals surface area contributed by atoms with Crippen molar-refractivity contribution in [2.45, 2.75) is 26.4 Å². The third-order valence-corrected chi connectivity index (χ3v) is 3.64. The minimum atomic E-state index is -0.347. The molecule has 0 fully saturated rings. The normalized spacial score (nSPS) is 12.4. The summed E-state index contributed by atoms with van der Waals surface area (Å²) in [6.45, 7) is 4.53. The van der Waals surface area contributed by atoms with E-state index in [1.165, 1.54) is 13.2 Å². The summed E-state index contributed by atoms with van der Waals surface area (Å²) in [6, 6.07) is 5.01. The molecule has 1 atom stereocenters. The van der Waals surface area contributed by atoms with Crippen LogP contribution in [-0.4, -0.2) is 17.3 Å². The van der Waals surface area contributed by atoms with Crippen LogP contribution in [0, 0.1) is 12.7 Å². The largest absolute Gasteiger partial charge is 0.494 e. The average molecular weight is 281 g/mol. The van der Waals surface area contributed by atoms with Crippen LogP contribution in [0.1, 0.15) is 28.5 Å². The van der Waals surface area contributed by atoms with Gasteiger partial charge in [-0.05, 0) is 31.5 Å². The lowest BCUT2D eigenvalue weighted by Gasteiger charge is -2.14. The van der Waals surface area contributed by atoms with Crippen molar-refractivity contribution >= 4 is 11.3 Å². The smallest absolute Gasteiger partial charge is 0.165 e. The predicted octanol–water partition coefficient (Wildman–Crippen LogP) is 2.85. The first-order chi connectivity index (χ1) is 9.10. The van der Waals surface area contributed by atoms with Gasteiger partial charge in [0.1, 0.15) is 10.0 Å². The number of methoxy groups -OCH3 is 1. The van der Waals surface area contributed by atoms with Crippen LogP contribution in [0.25, 0.3) is 0 Å². The van der Waals surface area contributed by atoms with Gasteiger partial charge in [-0.25, -0.2) is 4.39 Å². The first-order valence-electron chi connectivity index (χ1n) is 5.96. The summed E-state index contributed by atoms with van der Waals surface area (Å²) in [4.78, 5) is 0. The molecule has 0 amide bonds. The van der Waals surface area contributed by atoms with Gasteiger partial charge in [-0.3, -0.25) is 0 Å². The van der Waals surface area contributed by atoms with E-state index < -0.39 is 0 Å². The fourth-order valence-electron chi connectivity index (χ4n) is 1.72. The lowest BCUT2D eigenvalue weighted by molar-refractivity contribution is 0.385. The number of benzene rings is 1. The lowest BCUT2D eigenvalue weighted by Crippen LogP contribution is -2.18. The number of ether oxygens (including phenoxy) is 1. The highest BCUT2D eigenvalue weighted by atomic mass is 32.1. The molecule has 2 rings (SSSR count). The van der Waals surface area contributed by atoms with Crippen LogP contribution < -0.4 is 10.1 Å². The summed E-state index contributed by atoms with van der Waals surface area (Å²) in [7, 11) is 1.46. The van der Waals surface area contributed by atoms with E-state index in [0.717, 1.165) is 15.6 Å². The molecule has 1 heterocycles. The molecule has 0 aliphatic rings. The minimum absolute atomic E-state index is 0.0320. The molecule has 0 radical (unpaired) electrons. The van der Waals surface area contributed by atoms with Gasteiger partial charge >= 0.3 is 0 Å². The minimum Gasteiger partial charge on any atom is -0.494 e. The molecule has 6 heteroatoms. The number of nitrogens with one attached hydrogen (secondary N) is 1. The maximum atomic E-state index is 13.6. The highest BCUT2D eigenvalue weighted by Crippen LogP contribution is 2.22. The third kappa shape index (κ3) is 3.48. The van der Waals surface area contributed by atoms with E-state index in [-0.39, 0.29) is 17.6 Å². The van der Waals surface area contributed by atoms with Gasteiger partial charge in [-0.2, -0.15) is 0 Å². The summed E-state index contributed by atoms with van der Waals surface area (Å²) in [5.41, 5.74) is 0.875. The van der Waals surface area contributed by atoms with Gasteiger partial charge in [-0.1, -0.05) is 6.07 Å². The number of hydrogen-bond donors (Lipinski definition) is 1. The first-order valence-corrected chi connectivity index (χ1v) is 6.77. The van der Waals surface area contributed by atoms with E-state index >= 15 is 0 Å². The highest BCUT2D eigenvalue weighted by Gasteiger charge is 2.10. The van der Waals surface area contributed by atoms with Gasteiger partial charge in [-0.15, -0.1) is 21.5 Å². The van der Waals surface area contributed by atoms with E-state index in [1.54, 1.807) is 17.4 Å². The molecule has 0 aliphatic heterocycles. The second-order valence-corrected chi connectivity index (χ2v) is 5.48. The SMILES string of the molecule is COc1ccc([C@@H](C)NCc2nnc(C)s2)cc1F.